The number of nitrogens with one attached hydrogen (secondary N) is 2. The van der Waals surface area contributed by atoms with Gasteiger partial charge in [-0.3, -0.25) is 4.79 Å². The fraction of sp³-hybridized carbons (Fsp3) is 0.818. The zero-order valence-electron chi connectivity index (χ0n) is 9.66. The Morgan fingerprint density at radius 2 is 1.88 bits per heavy atom. The summed E-state index contributed by atoms with van der Waals surface area (Å²) in [4.78, 5) is 21.8. The molecular weight excluding hydrogens is 208 g/mol. The van der Waals surface area contributed by atoms with Crippen molar-refractivity contribution in [3.05, 3.63) is 0 Å². The van der Waals surface area contributed by atoms with Crippen LogP contribution in [0.25, 0.3) is 0 Å². The average molecular weight is 228 g/mol. The quantitative estimate of drug-likeness (QED) is 0.679. The van der Waals surface area contributed by atoms with E-state index in [4.69, 9.17) is 5.11 Å². The molecule has 5 nitrogen and oxygen atoms in total. The molecule has 0 unspecified atom stereocenters. The summed E-state index contributed by atoms with van der Waals surface area (Å²) in [7, 11) is 0. The van der Waals surface area contributed by atoms with Gasteiger partial charge in [-0.05, 0) is 38.5 Å². The van der Waals surface area contributed by atoms with E-state index in [1.807, 2.05) is 6.92 Å². The van der Waals surface area contributed by atoms with Gasteiger partial charge in [0.25, 0.3) is 0 Å². The second kappa shape index (κ2) is 6.35. The molecule has 1 aliphatic carbocycles. The maximum atomic E-state index is 11.3. The minimum atomic E-state index is -0.722. The number of urea groups is 1. The van der Waals surface area contributed by atoms with E-state index in [2.05, 4.69) is 10.6 Å². The van der Waals surface area contributed by atoms with Crippen molar-refractivity contribution in [1.82, 2.24) is 10.6 Å². The van der Waals surface area contributed by atoms with Crippen molar-refractivity contribution in [2.75, 3.05) is 6.54 Å². The zero-order valence-corrected chi connectivity index (χ0v) is 9.66. The van der Waals surface area contributed by atoms with Crippen molar-refractivity contribution in [1.29, 1.82) is 0 Å². The summed E-state index contributed by atoms with van der Waals surface area (Å²) in [5.74, 6) is -0.440. The average Bonchev–Trinajstić information content (AvgIpc) is 2.20. The van der Waals surface area contributed by atoms with E-state index in [1.165, 1.54) is 0 Å². The van der Waals surface area contributed by atoms with Crippen LogP contribution in [0.4, 0.5) is 4.79 Å². The second-order valence-electron chi connectivity index (χ2n) is 4.32. The molecule has 0 aromatic rings. The number of carboxylic acid groups (broad SMARTS) is 1. The zero-order chi connectivity index (χ0) is 12.0. The van der Waals surface area contributed by atoms with Gasteiger partial charge in [0.2, 0.25) is 0 Å². The number of hydrogen-bond acceptors (Lipinski definition) is 2. The fourth-order valence-electron chi connectivity index (χ4n) is 2.15. The maximum absolute atomic E-state index is 11.3. The van der Waals surface area contributed by atoms with Crippen LogP contribution < -0.4 is 10.6 Å². The van der Waals surface area contributed by atoms with Crippen LogP contribution >= 0.6 is 0 Å². The van der Waals surface area contributed by atoms with Gasteiger partial charge in [-0.1, -0.05) is 0 Å². The Morgan fingerprint density at radius 3 is 2.38 bits per heavy atom. The maximum Gasteiger partial charge on any atom is 0.314 e. The third-order valence-electron chi connectivity index (χ3n) is 2.98. The van der Waals surface area contributed by atoms with Gasteiger partial charge in [0.1, 0.15) is 0 Å². The Labute approximate surface area is 95.6 Å². The molecule has 1 saturated carbocycles. The number of hydrogen-bond donors (Lipinski definition) is 3. The monoisotopic (exact) mass is 228 g/mol. The highest BCUT2D eigenvalue weighted by atomic mass is 16.4. The first-order valence-electron chi connectivity index (χ1n) is 5.88. The molecule has 0 aromatic heterocycles. The Balaban J connectivity index is 2.21. The lowest BCUT2D eigenvalue weighted by Gasteiger charge is -2.28. The lowest BCUT2D eigenvalue weighted by molar-refractivity contribution is -0.138. The highest BCUT2D eigenvalue weighted by Gasteiger charge is 2.23. The smallest absolute Gasteiger partial charge is 0.314 e. The molecule has 1 rings (SSSR count). The summed E-state index contributed by atoms with van der Waals surface area (Å²) in [6, 6.07) is 0.0841. The Morgan fingerprint density at radius 1 is 1.25 bits per heavy atom. The van der Waals surface area contributed by atoms with Crippen molar-refractivity contribution < 1.29 is 14.7 Å². The highest BCUT2D eigenvalue weighted by Crippen LogP contribution is 2.26. The number of rotatable bonds is 4. The van der Waals surface area contributed by atoms with Gasteiger partial charge in [0.15, 0.2) is 0 Å². The van der Waals surface area contributed by atoms with Crippen LogP contribution in [0.5, 0.6) is 0 Å². The van der Waals surface area contributed by atoms with Crippen LogP contribution in [0.3, 0.4) is 0 Å². The Bertz CT molecular complexity index is 248. The van der Waals surface area contributed by atoms with Crippen molar-refractivity contribution in [3.8, 4) is 0 Å². The summed E-state index contributed by atoms with van der Waals surface area (Å²) in [5.41, 5.74) is 0. The second-order valence-corrected chi connectivity index (χ2v) is 4.32. The molecule has 1 fully saturated rings. The summed E-state index contributed by atoms with van der Waals surface area (Å²) in [5, 5.41) is 14.3. The molecule has 3 N–H and O–H groups in total. The van der Waals surface area contributed by atoms with E-state index in [0.717, 1.165) is 25.7 Å². The molecule has 0 bridgehead atoms. The van der Waals surface area contributed by atoms with Crippen LogP contribution in [0.2, 0.25) is 0 Å². The first kappa shape index (κ1) is 12.8. The molecule has 0 aliphatic heterocycles. The third kappa shape index (κ3) is 4.51. The molecule has 0 saturated heterocycles. The standard InChI is InChI=1S/C11H20N2O3/c1-2-12-11(16)13-9-5-3-8(4-6-9)7-10(14)15/h8-9H,2-7H2,1H3,(H,14,15)(H2,12,13,16). The summed E-state index contributed by atoms with van der Waals surface area (Å²) < 4.78 is 0. The summed E-state index contributed by atoms with van der Waals surface area (Å²) in [6.45, 7) is 2.50. The van der Waals surface area contributed by atoms with Crippen molar-refractivity contribution >= 4 is 12.0 Å². The van der Waals surface area contributed by atoms with Crippen LogP contribution in [0.1, 0.15) is 39.0 Å². The summed E-state index contributed by atoms with van der Waals surface area (Å²) >= 11 is 0. The topological polar surface area (TPSA) is 78.4 Å². The van der Waals surface area contributed by atoms with Crippen LogP contribution in [-0.2, 0) is 4.79 Å². The molecule has 0 radical (unpaired) electrons. The molecule has 0 spiro atoms. The van der Waals surface area contributed by atoms with Crippen LogP contribution in [-0.4, -0.2) is 29.7 Å². The molecule has 0 heterocycles. The van der Waals surface area contributed by atoms with E-state index >= 15 is 0 Å². The van der Waals surface area contributed by atoms with Crippen LogP contribution in [0.15, 0.2) is 0 Å². The molecule has 2 amide bonds. The molecule has 0 aromatic carbocycles. The molecule has 16 heavy (non-hydrogen) atoms. The highest BCUT2D eigenvalue weighted by molar-refractivity contribution is 5.74. The van der Waals surface area contributed by atoms with Crippen molar-refractivity contribution in [3.63, 3.8) is 0 Å². The normalized spacial score (nSPS) is 24.8. The van der Waals surface area contributed by atoms with E-state index in [9.17, 15) is 9.59 Å². The molecule has 5 heteroatoms. The third-order valence-corrected chi connectivity index (χ3v) is 2.98. The van der Waals surface area contributed by atoms with Crippen LogP contribution in [0, 0.1) is 5.92 Å². The predicted octanol–water partition coefficient (Wildman–Crippen LogP) is 1.34. The van der Waals surface area contributed by atoms with Crippen molar-refractivity contribution in [2.24, 2.45) is 5.92 Å². The van der Waals surface area contributed by atoms with Gasteiger partial charge in [0.05, 0.1) is 0 Å². The Kier molecular flexibility index (Phi) is 5.08. The largest absolute Gasteiger partial charge is 0.481 e. The fourth-order valence-corrected chi connectivity index (χ4v) is 2.15. The van der Waals surface area contributed by atoms with Gasteiger partial charge in [0, 0.05) is 19.0 Å². The van der Waals surface area contributed by atoms with Gasteiger partial charge in [-0.25, -0.2) is 4.79 Å². The lowest BCUT2D eigenvalue weighted by atomic mass is 9.84. The van der Waals surface area contributed by atoms with Gasteiger partial charge in [-0.2, -0.15) is 0 Å². The first-order valence-corrected chi connectivity index (χ1v) is 5.88. The van der Waals surface area contributed by atoms with Gasteiger partial charge < -0.3 is 15.7 Å². The molecule has 1 aliphatic rings. The molecule has 0 atom stereocenters. The minimum Gasteiger partial charge on any atom is -0.481 e. The van der Waals surface area contributed by atoms with Crippen molar-refractivity contribution in [2.45, 2.75) is 45.1 Å². The number of amides is 2. The predicted molar refractivity (Wildman–Crippen MR) is 60.2 cm³/mol. The molecule has 92 valence electrons. The van der Waals surface area contributed by atoms with E-state index in [0.29, 0.717) is 6.54 Å². The van der Waals surface area contributed by atoms with E-state index in [1.54, 1.807) is 0 Å². The SMILES string of the molecule is CCNC(=O)NC1CCC(CC(=O)O)CC1. The minimum absolute atomic E-state index is 0.121. The van der Waals surface area contributed by atoms with E-state index < -0.39 is 5.97 Å². The lowest BCUT2D eigenvalue weighted by Crippen LogP contribution is -2.43. The van der Waals surface area contributed by atoms with E-state index in [-0.39, 0.29) is 24.4 Å². The number of aliphatic carboxylic acids is 1. The number of carbonyl (C=O) groups excluding carboxylic acids is 1. The number of carboxylic acids is 1. The molecular formula is C11H20N2O3. The Hall–Kier alpha value is -1.26. The summed E-state index contributed by atoms with van der Waals surface area (Å²) in [6.07, 6.45) is 3.81. The van der Waals surface area contributed by atoms with Gasteiger partial charge in [-0.15, -0.1) is 0 Å². The number of carbonyl (C=O) groups is 2. The first-order chi connectivity index (χ1) is 7.61. The van der Waals surface area contributed by atoms with Gasteiger partial charge >= 0.3 is 12.0 Å².